The Morgan fingerprint density at radius 3 is 2.84 bits per heavy atom. The van der Waals surface area contributed by atoms with E-state index in [0.717, 1.165) is 29.2 Å². The maximum Gasteiger partial charge on any atom is 0.252 e. The number of hydrogen-bond donors (Lipinski definition) is 3. The number of primary amides is 1. The second kappa shape index (κ2) is 9.40. The summed E-state index contributed by atoms with van der Waals surface area (Å²) < 4.78 is 0. The van der Waals surface area contributed by atoms with Crippen molar-refractivity contribution in [3.05, 3.63) is 47.7 Å². The molecule has 1 aliphatic rings. The Balaban J connectivity index is 1.64. The second-order valence-corrected chi connectivity index (χ2v) is 8.61. The number of nitrogens with one attached hydrogen (secondary N) is 2. The van der Waals surface area contributed by atoms with Gasteiger partial charge in [-0.05, 0) is 38.1 Å². The number of nitrogens with two attached hydrogens (primary N) is 1. The minimum Gasteiger partial charge on any atom is -0.365 e. The molecule has 0 aromatic carbocycles. The van der Waals surface area contributed by atoms with Crippen LogP contribution in [0.25, 0.3) is 10.6 Å². The minimum atomic E-state index is -0.529. The fourth-order valence-corrected chi connectivity index (χ4v) is 4.77. The molecule has 8 nitrogen and oxygen atoms in total. The van der Waals surface area contributed by atoms with Gasteiger partial charge in [0.1, 0.15) is 16.6 Å². The summed E-state index contributed by atoms with van der Waals surface area (Å²) in [4.78, 5) is 27.6. The number of aromatic nitrogens is 3. The number of carbonyl (C=O) groups excluding carboxylic acids is 1. The number of amides is 1. The third kappa shape index (κ3) is 4.67. The summed E-state index contributed by atoms with van der Waals surface area (Å²) >= 11 is 1.54. The Labute approximate surface area is 185 Å². The molecule has 1 amide bonds. The van der Waals surface area contributed by atoms with Crippen LogP contribution in [0.15, 0.2) is 42.2 Å². The highest BCUT2D eigenvalue weighted by Gasteiger charge is 2.28. The van der Waals surface area contributed by atoms with Crippen LogP contribution in [0, 0.1) is 0 Å². The molecule has 3 aromatic rings. The lowest BCUT2D eigenvalue weighted by molar-refractivity contribution is 0.100. The Hall–Kier alpha value is -3.04. The fraction of sp³-hybridized carbons (Fsp3) is 0.364. The molecule has 1 saturated carbocycles. The molecule has 0 radical (unpaired) electrons. The molecule has 1 fully saturated rings. The fourth-order valence-electron chi connectivity index (χ4n) is 4.15. The number of carbonyl (C=O) groups is 1. The van der Waals surface area contributed by atoms with E-state index in [9.17, 15) is 4.79 Å². The zero-order chi connectivity index (χ0) is 21.8. The van der Waals surface area contributed by atoms with Crippen molar-refractivity contribution in [1.82, 2.24) is 20.3 Å². The number of rotatable bonds is 7. The predicted molar refractivity (Wildman–Crippen MR) is 125 cm³/mol. The van der Waals surface area contributed by atoms with Gasteiger partial charge >= 0.3 is 0 Å². The summed E-state index contributed by atoms with van der Waals surface area (Å²) in [6.07, 6.45) is 9.90. The molecule has 4 N–H and O–H groups in total. The van der Waals surface area contributed by atoms with Crippen LogP contribution in [-0.4, -0.2) is 47.0 Å². The van der Waals surface area contributed by atoms with E-state index in [-0.39, 0.29) is 0 Å². The Bertz CT molecular complexity index is 1040. The van der Waals surface area contributed by atoms with E-state index in [2.05, 4.69) is 32.5 Å². The minimum absolute atomic E-state index is 0.339. The van der Waals surface area contributed by atoms with Crippen LogP contribution in [0.4, 0.5) is 17.3 Å². The zero-order valence-corrected chi connectivity index (χ0v) is 18.5. The number of pyridine rings is 2. The largest absolute Gasteiger partial charge is 0.365 e. The molecule has 31 heavy (non-hydrogen) atoms. The molecule has 0 bridgehead atoms. The van der Waals surface area contributed by atoms with E-state index in [1.54, 1.807) is 36.0 Å². The van der Waals surface area contributed by atoms with Crippen molar-refractivity contribution in [3.8, 4) is 10.6 Å². The van der Waals surface area contributed by atoms with Crippen molar-refractivity contribution in [2.45, 2.75) is 37.8 Å². The first-order chi connectivity index (χ1) is 15.1. The van der Waals surface area contributed by atoms with Gasteiger partial charge in [-0.25, -0.2) is 9.97 Å². The van der Waals surface area contributed by atoms with Crippen molar-refractivity contribution in [2.75, 3.05) is 24.3 Å². The number of likely N-dealkylation sites (N-methyl/N-ethyl adjacent to an activating group) is 2. The van der Waals surface area contributed by atoms with E-state index < -0.39 is 5.91 Å². The van der Waals surface area contributed by atoms with Gasteiger partial charge in [0.15, 0.2) is 0 Å². The first-order valence-corrected chi connectivity index (χ1v) is 11.3. The van der Waals surface area contributed by atoms with Gasteiger partial charge < -0.3 is 21.3 Å². The molecule has 3 heterocycles. The summed E-state index contributed by atoms with van der Waals surface area (Å²) in [5, 5.41) is 9.48. The lowest BCUT2D eigenvalue weighted by atomic mass is 9.89. The molecule has 0 saturated heterocycles. The molecule has 2 unspecified atom stereocenters. The molecule has 0 aliphatic heterocycles. The third-order valence-corrected chi connectivity index (χ3v) is 6.61. The molecule has 4 rings (SSSR count). The van der Waals surface area contributed by atoms with E-state index in [1.807, 2.05) is 24.6 Å². The average Bonchev–Trinajstić information content (AvgIpc) is 3.33. The summed E-state index contributed by atoms with van der Waals surface area (Å²) in [5.41, 5.74) is 7.57. The highest BCUT2D eigenvalue weighted by atomic mass is 32.1. The van der Waals surface area contributed by atoms with E-state index in [1.165, 1.54) is 12.8 Å². The van der Waals surface area contributed by atoms with Gasteiger partial charge in [-0.15, -0.1) is 11.3 Å². The van der Waals surface area contributed by atoms with Crippen molar-refractivity contribution < 1.29 is 4.79 Å². The van der Waals surface area contributed by atoms with E-state index in [4.69, 9.17) is 10.7 Å². The highest BCUT2D eigenvalue weighted by molar-refractivity contribution is 7.13. The molecule has 0 spiro atoms. The topological polar surface area (TPSA) is 109 Å². The number of hydrogen-bond acceptors (Lipinski definition) is 8. The van der Waals surface area contributed by atoms with Gasteiger partial charge in [-0.2, -0.15) is 0 Å². The lowest BCUT2D eigenvalue weighted by Gasteiger charge is -2.38. The maximum absolute atomic E-state index is 12.0. The number of anilines is 3. The van der Waals surface area contributed by atoms with E-state index in [0.29, 0.717) is 29.2 Å². The second-order valence-electron chi connectivity index (χ2n) is 7.71. The van der Waals surface area contributed by atoms with Crippen LogP contribution in [0.3, 0.4) is 0 Å². The number of thiazole rings is 1. The smallest absolute Gasteiger partial charge is 0.252 e. The number of nitrogens with zero attached hydrogens (tertiary/aromatic N) is 4. The van der Waals surface area contributed by atoms with Crippen molar-refractivity contribution in [2.24, 2.45) is 5.73 Å². The Morgan fingerprint density at radius 1 is 1.26 bits per heavy atom. The van der Waals surface area contributed by atoms with Crippen LogP contribution in [0.5, 0.6) is 0 Å². The van der Waals surface area contributed by atoms with Gasteiger partial charge in [0.2, 0.25) is 0 Å². The van der Waals surface area contributed by atoms with Crippen LogP contribution in [-0.2, 0) is 0 Å². The molecule has 1 aliphatic carbocycles. The molecule has 162 valence electrons. The summed E-state index contributed by atoms with van der Waals surface area (Å²) in [6, 6.07) is 6.28. The zero-order valence-electron chi connectivity index (χ0n) is 17.7. The van der Waals surface area contributed by atoms with Crippen LogP contribution in [0.2, 0.25) is 0 Å². The van der Waals surface area contributed by atoms with Crippen LogP contribution in [0.1, 0.15) is 36.0 Å². The van der Waals surface area contributed by atoms with Crippen molar-refractivity contribution in [3.63, 3.8) is 0 Å². The Morgan fingerprint density at radius 2 is 2.10 bits per heavy atom. The van der Waals surface area contributed by atoms with Crippen LogP contribution < -0.4 is 21.3 Å². The Kier molecular flexibility index (Phi) is 6.43. The van der Waals surface area contributed by atoms with Crippen molar-refractivity contribution in [1.29, 1.82) is 0 Å². The summed E-state index contributed by atoms with van der Waals surface area (Å²) in [6.45, 7) is 0. The van der Waals surface area contributed by atoms with Gasteiger partial charge in [-0.1, -0.05) is 12.8 Å². The quantitative estimate of drug-likeness (QED) is 0.520. The summed E-state index contributed by atoms with van der Waals surface area (Å²) in [5.74, 6) is 0.689. The first kappa shape index (κ1) is 21.2. The summed E-state index contributed by atoms with van der Waals surface area (Å²) in [7, 11) is 4.07. The van der Waals surface area contributed by atoms with Crippen LogP contribution >= 0.6 is 11.3 Å². The monoisotopic (exact) mass is 437 g/mol. The van der Waals surface area contributed by atoms with Gasteiger partial charge in [-0.3, -0.25) is 9.78 Å². The van der Waals surface area contributed by atoms with Gasteiger partial charge in [0.25, 0.3) is 5.91 Å². The molecular formula is C22H27N7OS. The highest BCUT2D eigenvalue weighted by Crippen LogP contribution is 2.29. The molecular weight excluding hydrogens is 410 g/mol. The lowest BCUT2D eigenvalue weighted by Crippen LogP contribution is -2.49. The average molecular weight is 438 g/mol. The van der Waals surface area contributed by atoms with E-state index >= 15 is 0 Å². The third-order valence-electron chi connectivity index (χ3n) is 5.79. The van der Waals surface area contributed by atoms with Gasteiger partial charge in [0, 0.05) is 42.5 Å². The predicted octanol–water partition coefficient (Wildman–Crippen LogP) is 3.41. The SMILES string of the molecule is CNC1CCCCC1N(C)c1ccc(C(N)=O)c(Nc2cncc(-c3nccs3)c2)n1. The maximum atomic E-state index is 12.0. The standard InChI is InChI=1S/C22H27N7OS/c1-24-17-5-3-4-6-18(17)29(2)19-8-7-16(20(23)30)21(28-19)27-15-11-14(12-25-13-15)22-26-9-10-31-22/h7-13,17-18,24H,3-6H2,1-2H3,(H2,23,30)(H,27,28). The van der Waals surface area contributed by atoms with Gasteiger partial charge in [0.05, 0.1) is 17.4 Å². The molecule has 9 heteroatoms. The van der Waals surface area contributed by atoms with Crippen molar-refractivity contribution >= 4 is 34.6 Å². The molecule has 3 aromatic heterocycles. The first-order valence-electron chi connectivity index (χ1n) is 10.4. The molecule has 2 atom stereocenters. The normalized spacial score (nSPS) is 18.5.